The summed E-state index contributed by atoms with van der Waals surface area (Å²) >= 11 is 1.90. The minimum atomic E-state index is -1.04. The van der Waals surface area contributed by atoms with E-state index in [9.17, 15) is 14.7 Å². The van der Waals surface area contributed by atoms with Crippen LogP contribution in [0.15, 0.2) is 60.8 Å². The number of hydrogen-bond acceptors (Lipinski definition) is 6. The number of carboxylic acid groups (broad SMARTS) is 1. The third kappa shape index (κ3) is 5.85. The van der Waals surface area contributed by atoms with E-state index in [0.29, 0.717) is 29.2 Å². The fourth-order valence-electron chi connectivity index (χ4n) is 3.77. The molecule has 8 nitrogen and oxygen atoms in total. The molecule has 1 aromatic carbocycles. The van der Waals surface area contributed by atoms with Crippen LogP contribution in [0.1, 0.15) is 21.7 Å². The van der Waals surface area contributed by atoms with Gasteiger partial charge >= 0.3 is 6.09 Å². The van der Waals surface area contributed by atoms with E-state index in [-0.39, 0.29) is 12.5 Å². The molecule has 0 bridgehead atoms. The molecular weight excluding hydrogens is 450 g/mol. The summed E-state index contributed by atoms with van der Waals surface area (Å²) < 4.78 is 0. The average Bonchev–Trinajstić information content (AvgIpc) is 2.86. The number of aromatic nitrogens is 2. The molecule has 4 rings (SSSR count). The highest BCUT2D eigenvalue weighted by Crippen LogP contribution is 2.24. The van der Waals surface area contributed by atoms with Gasteiger partial charge in [0.05, 0.1) is 5.56 Å². The maximum absolute atomic E-state index is 13.1. The molecule has 3 heterocycles. The first-order chi connectivity index (χ1) is 16.5. The number of benzene rings is 1. The number of thioether (sulfide) groups is 1. The third-order valence-corrected chi connectivity index (χ3v) is 6.50. The zero-order valence-electron chi connectivity index (χ0n) is 19.0. The van der Waals surface area contributed by atoms with Crippen molar-refractivity contribution in [3.63, 3.8) is 0 Å². The van der Waals surface area contributed by atoms with Gasteiger partial charge in [0.1, 0.15) is 5.82 Å². The second-order valence-corrected chi connectivity index (χ2v) is 9.15. The average molecular weight is 478 g/mol. The van der Waals surface area contributed by atoms with Gasteiger partial charge in [-0.05, 0) is 55.5 Å². The SMILES string of the molecule is Cc1ccc(C(=O)Nc2ccc(N(CCc3ccccn3)C(=O)O)cc2)c(N2CCSCC2)n1. The first-order valence-corrected chi connectivity index (χ1v) is 12.3. The van der Waals surface area contributed by atoms with Crippen molar-refractivity contribution in [2.24, 2.45) is 0 Å². The highest BCUT2D eigenvalue weighted by atomic mass is 32.2. The normalized spacial score (nSPS) is 13.4. The van der Waals surface area contributed by atoms with Crippen LogP contribution in [0.2, 0.25) is 0 Å². The lowest BCUT2D eigenvalue weighted by molar-refractivity contribution is 0.102. The molecule has 1 saturated heterocycles. The van der Waals surface area contributed by atoms with Gasteiger partial charge in [0.25, 0.3) is 5.91 Å². The number of anilines is 3. The van der Waals surface area contributed by atoms with E-state index in [4.69, 9.17) is 0 Å². The van der Waals surface area contributed by atoms with Crippen LogP contribution < -0.4 is 15.1 Å². The summed E-state index contributed by atoms with van der Waals surface area (Å²) in [7, 11) is 0. The molecule has 1 aliphatic heterocycles. The Kier molecular flexibility index (Phi) is 7.64. The van der Waals surface area contributed by atoms with Crippen LogP contribution in [0.5, 0.6) is 0 Å². The predicted molar refractivity (Wildman–Crippen MR) is 136 cm³/mol. The smallest absolute Gasteiger partial charge is 0.411 e. The highest BCUT2D eigenvalue weighted by Gasteiger charge is 2.21. The lowest BCUT2D eigenvalue weighted by Crippen LogP contribution is -2.35. The van der Waals surface area contributed by atoms with E-state index in [2.05, 4.69) is 20.2 Å². The van der Waals surface area contributed by atoms with E-state index in [1.165, 1.54) is 4.90 Å². The molecule has 2 aromatic heterocycles. The van der Waals surface area contributed by atoms with Crippen molar-refractivity contribution in [1.29, 1.82) is 0 Å². The van der Waals surface area contributed by atoms with Crippen LogP contribution >= 0.6 is 11.8 Å². The Balaban J connectivity index is 1.46. The van der Waals surface area contributed by atoms with Crippen molar-refractivity contribution in [2.75, 3.05) is 46.3 Å². The number of carbonyl (C=O) groups excluding carboxylic acids is 1. The fraction of sp³-hybridized carbons (Fsp3) is 0.280. The van der Waals surface area contributed by atoms with E-state index < -0.39 is 6.09 Å². The second-order valence-electron chi connectivity index (χ2n) is 7.93. The quantitative estimate of drug-likeness (QED) is 0.523. The number of nitrogens with one attached hydrogen (secondary N) is 1. The summed E-state index contributed by atoms with van der Waals surface area (Å²) in [6.45, 7) is 3.93. The Morgan fingerprint density at radius 1 is 1.09 bits per heavy atom. The number of nitrogens with zero attached hydrogens (tertiary/aromatic N) is 4. The first kappa shape index (κ1) is 23.6. The summed E-state index contributed by atoms with van der Waals surface area (Å²) in [4.78, 5) is 37.2. The molecule has 9 heteroatoms. The molecule has 3 aromatic rings. The number of amides is 2. The van der Waals surface area contributed by atoms with E-state index in [1.807, 2.05) is 49.0 Å². The molecule has 2 amide bonds. The Morgan fingerprint density at radius 2 is 1.85 bits per heavy atom. The van der Waals surface area contributed by atoms with E-state index >= 15 is 0 Å². The molecule has 0 saturated carbocycles. The van der Waals surface area contributed by atoms with Gasteiger partial charge in [0, 0.05) is 66.5 Å². The largest absolute Gasteiger partial charge is 0.465 e. The van der Waals surface area contributed by atoms with Gasteiger partial charge in [-0.25, -0.2) is 9.78 Å². The maximum Gasteiger partial charge on any atom is 0.411 e. The van der Waals surface area contributed by atoms with Crippen molar-refractivity contribution >= 4 is 41.0 Å². The van der Waals surface area contributed by atoms with Gasteiger partial charge in [-0.1, -0.05) is 6.07 Å². The summed E-state index contributed by atoms with van der Waals surface area (Å²) in [5.41, 5.74) is 3.35. The molecule has 2 N–H and O–H groups in total. The van der Waals surface area contributed by atoms with Crippen molar-refractivity contribution in [3.05, 3.63) is 77.7 Å². The predicted octanol–water partition coefficient (Wildman–Crippen LogP) is 4.32. The van der Waals surface area contributed by atoms with Crippen LogP contribution in [-0.2, 0) is 6.42 Å². The molecule has 0 aliphatic carbocycles. The summed E-state index contributed by atoms with van der Waals surface area (Å²) in [6, 6.07) is 16.0. The van der Waals surface area contributed by atoms with Crippen LogP contribution in [0.3, 0.4) is 0 Å². The van der Waals surface area contributed by atoms with Gasteiger partial charge < -0.3 is 15.3 Å². The molecule has 1 aliphatic rings. The lowest BCUT2D eigenvalue weighted by atomic mass is 10.2. The minimum absolute atomic E-state index is 0.237. The Bertz CT molecular complexity index is 1140. The molecular formula is C25H27N5O3S. The molecule has 1 fully saturated rings. The number of pyridine rings is 2. The molecule has 0 atom stereocenters. The number of rotatable bonds is 7. The standard InChI is InChI=1S/C25H27N5O3S/c1-18-5-10-22(23(27-18)29-14-16-34-17-15-29)24(31)28-20-6-8-21(9-7-20)30(25(32)33)13-11-19-4-2-3-12-26-19/h2-10,12H,11,13-17H2,1H3,(H,28,31)(H,32,33). The monoisotopic (exact) mass is 477 g/mol. The molecule has 176 valence electrons. The Morgan fingerprint density at radius 3 is 2.53 bits per heavy atom. The number of carbonyl (C=O) groups is 2. The van der Waals surface area contributed by atoms with Crippen LogP contribution in [0.25, 0.3) is 0 Å². The molecule has 34 heavy (non-hydrogen) atoms. The van der Waals surface area contributed by atoms with Crippen molar-refractivity contribution in [3.8, 4) is 0 Å². The Labute approximate surface area is 203 Å². The van der Waals surface area contributed by atoms with Crippen LogP contribution in [0.4, 0.5) is 22.0 Å². The van der Waals surface area contributed by atoms with Gasteiger partial charge in [-0.2, -0.15) is 11.8 Å². The van der Waals surface area contributed by atoms with Gasteiger partial charge in [0.2, 0.25) is 0 Å². The van der Waals surface area contributed by atoms with Gasteiger partial charge in [-0.3, -0.25) is 14.7 Å². The molecule has 0 spiro atoms. The highest BCUT2D eigenvalue weighted by molar-refractivity contribution is 7.99. The zero-order chi connectivity index (χ0) is 23.9. The van der Waals surface area contributed by atoms with Crippen LogP contribution in [-0.4, -0.2) is 58.2 Å². The van der Waals surface area contributed by atoms with Crippen molar-refractivity contribution in [2.45, 2.75) is 13.3 Å². The van der Waals surface area contributed by atoms with Crippen molar-refractivity contribution in [1.82, 2.24) is 9.97 Å². The van der Waals surface area contributed by atoms with Gasteiger partial charge in [0.15, 0.2) is 0 Å². The minimum Gasteiger partial charge on any atom is -0.465 e. The van der Waals surface area contributed by atoms with Crippen LogP contribution in [0, 0.1) is 6.92 Å². The number of hydrogen-bond donors (Lipinski definition) is 2. The first-order valence-electron chi connectivity index (χ1n) is 11.1. The number of aryl methyl sites for hydroxylation is 1. The summed E-state index contributed by atoms with van der Waals surface area (Å²) in [6.07, 6.45) is 1.16. The van der Waals surface area contributed by atoms with E-state index in [0.717, 1.165) is 36.0 Å². The summed E-state index contributed by atoms with van der Waals surface area (Å²) in [5, 5.41) is 12.6. The maximum atomic E-state index is 13.1. The molecule has 0 unspecified atom stereocenters. The zero-order valence-corrected chi connectivity index (χ0v) is 19.8. The topological polar surface area (TPSA) is 98.7 Å². The molecule has 0 radical (unpaired) electrons. The third-order valence-electron chi connectivity index (χ3n) is 5.56. The Hall–Kier alpha value is -3.59. The summed E-state index contributed by atoms with van der Waals surface area (Å²) in [5.74, 6) is 2.50. The lowest BCUT2D eigenvalue weighted by Gasteiger charge is -2.29. The fourth-order valence-corrected chi connectivity index (χ4v) is 4.67. The van der Waals surface area contributed by atoms with E-state index in [1.54, 1.807) is 30.5 Å². The van der Waals surface area contributed by atoms with Gasteiger partial charge in [-0.15, -0.1) is 0 Å². The van der Waals surface area contributed by atoms with Crippen molar-refractivity contribution < 1.29 is 14.7 Å². The second kappa shape index (κ2) is 11.0.